The molecule has 0 spiro atoms. The van der Waals surface area contributed by atoms with Gasteiger partial charge in [0, 0.05) is 11.1 Å². The van der Waals surface area contributed by atoms with E-state index in [2.05, 4.69) is 10.5 Å². The number of carbonyl (C=O) groups excluding carboxylic acids is 2. The fourth-order valence-electron chi connectivity index (χ4n) is 4.40. The molecule has 1 aliphatic carbocycles. The third kappa shape index (κ3) is 3.21. The van der Waals surface area contributed by atoms with Gasteiger partial charge in [-0.15, -0.1) is 0 Å². The summed E-state index contributed by atoms with van der Waals surface area (Å²) in [7, 11) is 0. The van der Waals surface area contributed by atoms with Gasteiger partial charge in [0.05, 0.1) is 0 Å². The van der Waals surface area contributed by atoms with E-state index in [1.807, 2.05) is 78.9 Å². The van der Waals surface area contributed by atoms with Gasteiger partial charge in [0.25, 0.3) is 0 Å². The zero-order valence-corrected chi connectivity index (χ0v) is 17.0. The third-order valence-corrected chi connectivity index (χ3v) is 6.06. The van der Waals surface area contributed by atoms with Crippen LogP contribution in [0.2, 0.25) is 0 Å². The molecule has 5 rings (SSSR count). The van der Waals surface area contributed by atoms with E-state index in [9.17, 15) is 9.59 Å². The molecule has 1 heterocycles. The Labute approximate surface area is 181 Å². The van der Waals surface area contributed by atoms with E-state index in [1.54, 1.807) is 12.1 Å². The number of benzene rings is 3. The minimum absolute atomic E-state index is 0.245. The van der Waals surface area contributed by atoms with Crippen molar-refractivity contribution < 1.29 is 9.59 Å². The Morgan fingerprint density at radius 3 is 2.06 bits per heavy atom. The third-order valence-electron chi connectivity index (χ3n) is 6.06. The molecule has 0 aromatic heterocycles. The maximum atomic E-state index is 13.7. The molecule has 4 nitrogen and oxygen atoms in total. The monoisotopic (exact) mass is 406 g/mol. The van der Waals surface area contributed by atoms with Gasteiger partial charge in [-0.05, 0) is 36.0 Å². The molecule has 1 unspecified atom stereocenters. The van der Waals surface area contributed by atoms with Crippen LogP contribution in [-0.2, 0) is 4.79 Å². The van der Waals surface area contributed by atoms with Crippen molar-refractivity contribution in [3.8, 4) is 11.1 Å². The van der Waals surface area contributed by atoms with Crippen LogP contribution in [0, 0.1) is 0 Å². The van der Waals surface area contributed by atoms with Gasteiger partial charge in [0.2, 0.25) is 17.1 Å². The summed E-state index contributed by atoms with van der Waals surface area (Å²) in [6.45, 7) is 0. The van der Waals surface area contributed by atoms with Crippen LogP contribution < -0.4 is 5.43 Å². The van der Waals surface area contributed by atoms with Crippen molar-refractivity contribution >= 4 is 17.3 Å². The number of Topliss-reactive ketones (excluding diaryl/α,β-unsaturated/α-hetero) is 2. The second-order valence-electron chi connectivity index (χ2n) is 7.91. The zero-order chi connectivity index (χ0) is 21.3. The van der Waals surface area contributed by atoms with Gasteiger partial charge < -0.3 is 0 Å². The maximum Gasteiger partial charge on any atom is 0.222 e. The number of hydrogen-bond acceptors (Lipinski definition) is 4. The molecule has 31 heavy (non-hydrogen) atoms. The number of nitrogens with zero attached hydrogens (tertiary/aromatic N) is 1. The second kappa shape index (κ2) is 7.80. The minimum Gasteiger partial charge on any atom is -0.291 e. The van der Waals surface area contributed by atoms with Crippen LogP contribution in [0.3, 0.4) is 0 Å². The molecule has 1 atom stereocenters. The van der Waals surface area contributed by atoms with Crippen molar-refractivity contribution in [2.24, 2.45) is 5.10 Å². The predicted octanol–water partition coefficient (Wildman–Crippen LogP) is 4.96. The fraction of sp³-hybridized carbons (Fsp3) is 0.148. The first-order valence-corrected chi connectivity index (χ1v) is 10.5. The lowest BCUT2D eigenvalue weighted by Gasteiger charge is -2.27. The van der Waals surface area contributed by atoms with Crippen LogP contribution in [0.15, 0.2) is 102 Å². The molecule has 0 bridgehead atoms. The van der Waals surface area contributed by atoms with Crippen molar-refractivity contribution in [3.63, 3.8) is 0 Å². The molecule has 0 amide bonds. The smallest absolute Gasteiger partial charge is 0.222 e. The number of carbonyl (C=O) groups is 2. The topological polar surface area (TPSA) is 58.5 Å². The molecule has 0 radical (unpaired) electrons. The molecule has 4 heteroatoms. The van der Waals surface area contributed by atoms with E-state index >= 15 is 0 Å². The van der Waals surface area contributed by atoms with E-state index in [0.717, 1.165) is 29.5 Å². The van der Waals surface area contributed by atoms with Crippen LogP contribution in [0.4, 0.5) is 0 Å². The number of ketones is 2. The van der Waals surface area contributed by atoms with E-state index in [0.29, 0.717) is 23.3 Å². The highest BCUT2D eigenvalue weighted by molar-refractivity contribution is 6.55. The fourth-order valence-corrected chi connectivity index (χ4v) is 4.40. The first kappa shape index (κ1) is 19.2. The Bertz CT molecular complexity index is 1200. The van der Waals surface area contributed by atoms with Crippen molar-refractivity contribution in [2.45, 2.75) is 24.8 Å². The molecule has 3 aromatic rings. The van der Waals surface area contributed by atoms with Crippen LogP contribution >= 0.6 is 0 Å². The average molecular weight is 406 g/mol. The van der Waals surface area contributed by atoms with E-state index in [4.69, 9.17) is 0 Å². The maximum absolute atomic E-state index is 13.7. The van der Waals surface area contributed by atoms with Gasteiger partial charge >= 0.3 is 0 Å². The Morgan fingerprint density at radius 1 is 0.806 bits per heavy atom. The summed E-state index contributed by atoms with van der Waals surface area (Å²) < 4.78 is 0. The van der Waals surface area contributed by atoms with Crippen LogP contribution in [0.25, 0.3) is 11.1 Å². The number of hydrazone groups is 1. The molecule has 0 fully saturated rings. The van der Waals surface area contributed by atoms with Gasteiger partial charge in [0.1, 0.15) is 5.71 Å². The van der Waals surface area contributed by atoms with Gasteiger partial charge in [-0.1, -0.05) is 91.0 Å². The molecule has 152 valence electrons. The van der Waals surface area contributed by atoms with Crippen LogP contribution in [0.1, 0.15) is 35.2 Å². The lowest BCUT2D eigenvalue weighted by Crippen LogP contribution is -2.55. The Balaban J connectivity index is 1.50. The number of hydrogen-bond donors (Lipinski definition) is 1. The van der Waals surface area contributed by atoms with Gasteiger partial charge in [-0.2, -0.15) is 5.10 Å². The van der Waals surface area contributed by atoms with E-state index in [-0.39, 0.29) is 11.6 Å². The number of rotatable bonds is 5. The largest absolute Gasteiger partial charge is 0.291 e. The zero-order valence-electron chi connectivity index (χ0n) is 17.0. The minimum atomic E-state index is -1.44. The number of allylic oxidation sites excluding steroid dienone is 1. The highest BCUT2D eigenvalue weighted by Gasteiger charge is 2.54. The van der Waals surface area contributed by atoms with Crippen molar-refractivity contribution in [1.82, 2.24) is 5.43 Å². The lowest BCUT2D eigenvalue weighted by atomic mass is 9.77. The summed E-state index contributed by atoms with van der Waals surface area (Å²) in [6, 6.07) is 26.8. The molecular formula is C27H22N2O2. The Morgan fingerprint density at radius 2 is 1.42 bits per heavy atom. The molecule has 3 aromatic carbocycles. The quantitative estimate of drug-likeness (QED) is 0.370. The first-order chi connectivity index (χ1) is 15.2. The normalized spacial score (nSPS) is 20.2. The van der Waals surface area contributed by atoms with Crippen molar-refractivity contribution in [2.75, 3.05) is 0 Å². The summed E-state index contributed by atoms with van der Waals surface area (Å²) in [5.74, 6) is -0.520. The summed E-state index contributed by atoms with van der Waals surface area (Å²) in [5, 5.41) is 4.39. The number of nitrogens with one attached hydrogen (secondary N) is 1. The first-order valence-electron chi connectivity index (χ1n) is 10.5. The molecule has 1 aliphatic heterocycles. The Hall–Kier alpha value is -3.79. The predicted molar refractivity (Wildman–Crippen MR) is 122 cm³/mol. The Kier molecular flexibility index (Phi) is 4.83. The van der Waals surface area contributed by atoms with E-state index < -0.39 is 5.54 Å². The van der Waals surface area contributed by atoms with Crippen molar-refractivity contribution in [1.29, 1.82) is 0 Å². The lowest BCUT2D eigenvalue weighted by molar-refractivity contribution is -0.115. The summed E-state index contributed by atoms with van der Waals surface area (Å²) in [5.41, 5.74) is 6.05. The molecular weight excluding hydrogens is 384 g/mol. The average Bonchev–Trinajstić information content (AvgIpc) is 3.49. The highest BCUT2D eigenvalue weighted by atomic mass is 16.2. The highest BCUT2D eigenvalue weighted by Crippen LogP contribution is 2.36. The molecule has 1 N–H and O–H groups in total. The van der Waals surface area contributed by atoms with Gasteiger partial charge in [0.15, 0.2) is 0 Å². The summed E-state index contributed by atoms with van der Waals surface area (Å²) in [6.07, 6.45) is 4.54. The SMILES string of the molecule is O=C1C(c2ccc(-c3ccccc3)cc2)=NNC1(C(=O)c1ccccc1)C1=CCCC1. The van der Waals surface area contributed by atoms with E-state index in [1.165, 1.54) is 0 Å². The molecule has 0 saturated heterocycles. The summed E-state index contributed by atoms with van der Waals surface area (Å²) in [4.78, 5) is 27.3. The van der Waals surface area contributed by atoms with Gasteiger partial charge in [-0.3, -0.25) is 15.0 Å². The molecule has 0 saturated carbocycles. The molecule has 2 aliphatic rings. The van der Waals surface area contributed by atoms with Crippen LogP contribution in [0.5, 0.6) is 0 Å². The van der Waals surface area contributed by atoms with Gasteiger partial charge in [-0.25, -0.2) is 0 Å². The van der Waals surface area contributed by atoms with Crippen molar-refractivity contribution in [3.05, 3.63) is 108 Å². The van der Waals surface area contributed by atoms with Crippen LogP contribution in [-0.4, -0.2) is 22.8 Å². The second-order valence-corrected chi connectivity index (χ2v) is 7.91. The standard InChI is InChI=1S/C27H22N2O2/c30-25(22-11-5-2-6-12-22)27(23-13-7-8-14-23)26(31)24(28-29-27)21-17-15-20(16-18-21)19-9-3-1-4-10-19/h1-6,9-13,15-18,29H,7-8,14H2. The summed E-state index contributed by atoms with van der Waals surface area (Å²) >= 11 is 0.